The molecule has 0 spiro atoms. The Labute approximate surface area is 335 Å². The van der Waals surface area contributed by atoms with Gasteiger partial charge < -0.3 is 9.47 Å². The molecule has 0 N–H and O–H groups in total. The standard InChI is InChI=1S/C54H36N2S/c1-2-15-38(16-3-1)43-19-4-9-24-49(43)55(42-33-34-48-47-23-8-13-28-53(47)57-54(48)36-42)41-31-29-37(30-32-41)39-17-14-18-40(35-39)44-20-5-10-25-50(44)56-51-26-11-6-21-45(51)46-22-7-12-27-52(46)56/h1-36H. The van der Waals surface area contributed by atoms with Crippen LogP contribution >= 0.6 is 11.3 Å². The largest absolute Gasteiger partial charge is 0.310 e. The van der Waals surface area contributed by atoms with Crippen LogP contribution in [0.1, 0.15) is 0 Å². The van der Waals surface area contributed by atoms with Crippen molar-refractivity contribution in [2.24, 2.45) is 0 Å². The first-order chi connectivity index (χ1) is 28.3. The van der Waals surface area contributed by atoms with Gasteiger partial charge in [0, 0.05) is 53.4 Å². The maximum absolute atomic E-state index is 2.42. The third-order valence-corrected chi connectivity index (χ3v) is 12.3. The molecule has 57 heavy (non-hydrogen) atoms. The summed E-state index contributed by atoms with van der Waals surface area (Å²) in [4.78, 5) is 2.41. The van der Waals surface area contributed by atoms with Crippen molar-refractivity contribution in [1.82, 2.24) is 4.57 Å². The minimum absolute atomic E-state index is 1.11. The highest BCUT2D eigenvalue weighted by Gasteiger charge is 2.19. The van der Waals surface area contributed by atoms with Crippen LogP contribution in [-0.2, 0) is 0 Å². The second kappa shape index (κ2) is 13.8. The number of thiophene rings is 1. The number of hydrogen-bond acceptors (Lipinski definition) is 2. The zero-order chi connectivity index (χ0) is 37.7. The van der Waals surface area contributed by atoms with Crippen LogP contribution in [-0.4, -0.2) is 4.57 Å². The lowest BCUT2D eigenvalue weighted by Gasteiger charge is -2.28. The molecular formula is C54H36N2S. The predicted molar refractivity (Wildman–Crippen MR) is 245 cm³/mol. The van der Waals surface area contributed by atoms with E-state index in [1.807, 2.05) is 11.3 Å². The third-order valence-electron chi connectivity index (χ3n) is 11.2. The van der Waals surface area contributed by atoms with Gasteiger partial charge in [0.1, 0.15) is 0 Å². The van der Waals surface area contributed by atoms with E-state index in [1.165, 1.54) is 81.0 Å². The second-order valence-electron chi connectivity index (χ2n) is 14.5. The average molecular weight is 745 g/mol. The van der Waals surface area contributed by atoms with Crippen molar-refractivity contribution in [1.29, 1.82) is 0 Å². The fraction of sp³-hybridized carbons (Fsp3) is 0. The van der Waals surface area contributed by atoms with Crippen molar-refractivity contribution in [3.63, 3.8) is 0 Å². The van der Waals surface area contributed by atoms with Gasteiger partial charge in [-0.25, -0.2) is 0 Å². The van der Waals surface area contributed by atoms with E-state index in [-0.39, 0.29) is 0 Å². The Hall–Kier alpha value is -7.20. The van der Waals surface area contributed by atoms with Crippen LogP contribution in [0.3, 0.4) is 0 Å². The number of hydrogen-bond donors (Lipinski definition) is 0. The van der Waals surface area contributed by atoms with E-state index >= 15 is 0 Å². The van der Waals surface area contributed by atoms with E-state index < -0.39 is 0 Å². The molecule has 0 aliphatic carbocycles. The summed E-state index contributed by atoms with van der Waals surface area (Å²) in [5.74, 6) is 0. The lowest BCUT2D eigenvalue weighted by atomic mass is 9.97. The molecule has 0 amide bonds. The highest BCUT2D eigenvalue weighted by atomic mass is 32.1. The van der Waals surface area contributed by atoms with Crippen LogP contribution in [0.25, 0.3) is 81.0 Å². The molecular weight excluding hydrogens is 709 g/mol. The molecule has 0 saturated carbocycles. The maximum atomic E-state index is 2.42. The Kier molecular flexibility index (Phi) is 8.04. The summed E-state index contributed by atoms with van der Waals surface area (Å²) in [6.07, 6.45) is 0. The average Bonchev–Trinajstić information content (AvgIpc) is 3.83. The lowest BCUT2D eigenvalue weighted by molar-refractivity contribution is 1.18. The van der Waals surface area contributed by atoms with Gasteiger partial charge in [0.15, 0.2) is 0 Å². The topological polar surface area (TPSA) is 8.17 Å². The normalized spacial score (nSPS) is 11.5. The number of nitrogens with zero attached hydrogens (tertiary/aromatic N) is 2. The summed E-state index contributed by atoms with van der Waals surface area (Å²) in [6, 6.07) is 79.3. The molecule has 0 saturated heterocycles. The van der Waals surface area contributed by atoms with Gasteiger partial charge in [0.2, 0.25) is 0 Å². The monoisotopic (exact) mass is 744 g/mol. The number of fused-ring (bicyclic) bond motifs is 6. The van der Waals surface area contributed by atoms with Crippen molar-refractivity contribution in [3.8, 4) is 39.1 Å². The van der Waals surface area contributed by atoms with Crippen molar-refractivity contribution in [3.05, 3.63) is 218 Å². The lowest BCUT2D eigenvalue weighted by Crippen LogP contribution is -2.11. The summed E-state index contributed by atoms with van der Waals surface area (Å²) in [6.45, 7) is 0. The van der Waals surface area contributed by atoms with Gasteiger partial charge in [0.05, 0.1) is 22.4 Å². The first kappa shape index (κ1) is 33.2. The van der Waals surface area contributed by atoms with Crippen LogP contribution in [0.15, 0.2) is 218 Å². The van der Waals surface area contributed by atoms with Crippen molar-refractivity contribution in [2.75, 3.05) is 4.90 Å². The molecule has 2 heterocycles. The van der Waals surface area contributed by atoms with Crippen molar-refractivity contribution in [2.45, 2.75) is 0 Å². The molecule has 0 bridgehead atoms. The van der Waals surface area contributed by atoms with Crippen LogP contribution in [0.5, 0.6) is 0 Å². The Morgan fingerprint density at radius 2 is 0.912 bits per heavy atom. The Morgan fingerprint density at radius 3 is 1.70 bits per heavy atom. The molecule has 0 radical (unpaired) electrons. The van der Waals surface area contributed by atoms with Gasteiger partial charge in [0.25, 0.3) is 0 Å². The SMILES string of the molecule is c1ccc(-c2ccccc2N(c2ccc(-c3cccc(-c4ccccc4-n4c5ccccc5c5ccccc54)c3)cc2)c2ccc3c(c2)sc2ccccc23)cc1. The van der Waals surface area contributed by atoms with Gasteiger partial charge in [-0.2, -0.15) is 0 Å². The number of benzene rings is 9. The molecule has 0 fully saturated rings. The highest BCUT2D eigenvalue weighted by Crippen LogP contribution is 2.44. The van der Waals surface area contributed by atoms with Crippen molar-refractivity contribution < 1.29 is 0 Å². The van der Waals surface area contributed by atoms with Gasteiger partial charge in [-0.15, -0.1) is 11.3 Å². The fourth-order valence-corrected chi connectivity index (χ4v) is 9.71. The quantitative estimate of drug-likeness (QED) is 0.158. The van der Waals surface area contributed by atoms with Crippen LogP contribution < -0.4 is 4.90 Å². The second-order valence-corrected chi connectivity index (χ2v) is 15.6. The van der Waals surface area contributed by atoms with Crippen LogP contribution in [0.4, 0.5) is 17.1 Å². The summed E-state index contributed by atoms with van der Waals surface area (Å²) in [7, 11) is 0. The number of para-hydroxylation sites is 4. The van der Waals surface area contributed by atoms with E-state index in [9.17, 15) is 0 Å². The molecule has 268 valence electrons. The smallest absolute Gasteiger partial charge is 0.0541 e. The summed E-state index contributed by atoms with van der Waals surface area (Å²) in [5, 5.41) is 5.14. The number of rotatable bonds is 7. The van der Waals surface area contributed by atoms with E-state index in [0.717, 1.165) is 17.1 Å². The molecule has 0 unspecified atom stereocenters. The zero-order valence-electron chi connectivity index (χ0n) is 31.1. The van der Waals surface area contributed by atoms with E-state index in [1.54, 1.807) is 0 Å². The summed E-state index contributed by atoms with van der Waals surface area (Å²) in [5.41, 5.74) is 14.1. The van der Waals surface area contributed by atoms with Crippen LogP contribution in [0, 0.1) is 0 Å². The molecule has 3 heteroatoms. The minimum Gasteiger partial charge on any atom is -0.310 e. The molecule has 0 aliphatic rings. The van der Waals surface area contributed by atoms with Crippen molar-refractivity contribution >= 4 is 70.4 Å². The fourth-order valence-electron chi connectivity index (χ4n) is 8.58. The first-order valence-corrected chi connectivity index (χ1v) is 20.2. The molecule has 2 nitrogen and oxygen atoms in total. The van der Waals surface area contributed by atoms with Gasteiger partial charge in [-0.1, -0.05) is 158 Å². The molecule has 0 aliphatic heterocycles. The number of anilines is 3. The Bertz CT molecular complexity index is 3190. The first-order valence-electron chi connectivity index (χ1n) is 19.4. The van der Waals surface area contributed by atoms with Crippen LogP contribution in [0.2, 0.25) is 0 Å². The minimum atomic E-state index is 1.11. The van der Waals surface area contributed by atoms with E-state index in [0.29, 0.717) is 0 Å². The summed E-state index contributed by atoms with van der Waals surface area (Å²) < 4.78 is 5.01. The molecule has 0 atom stereocenters. The van der Waals surface area contributed by atoms with E-state index in [4.69, 9.17) is 0 Å². The Balaban J connectivity index is 1.01. The molecule has 2 aromatic heterocycles. The van der Waals surface area contributed by atoms with E-state index in [2.05, 4.69) is 228 Å². The van der Waals surface area contributed by atoms with Gasteiger partial charge >= 0.3 is 0 Å². The molecule has 11 aromatic rings. The summed E-state index contributed by atoms with van der Waals surface area (Å²) >= 11 is 1.86. The molecule has 11 rings (SSSR count). The van der Waals surface area contributed by atoms with Gasteiger partial charge in [-0.3, -0.25) is 0 Å². The number of aromatic nitrogens is 1. The maximum Gasteiger partial charge on any atom is 0.0541 e. The van der Waals surface area contributed by atoms with Gasteiger partial charge in [-0.05, 0) is 82.9 Å². The predicted octanol–water partition coefficient (Wildman–Crippen LogP) is 15.6. The highest BCUT2D eigenvalue weighted by molar-refractivity contribution is 7.25. The zero-order valence-corrected chi connectivity index (χ0v) is 31.9. The molecule has 9 aromatic carbocycles. The third kappa shape index (κ3) is 5.71. The Morgan fingerprint density at radius 1 is 0.333 bits per heavy atom.